The van der Waals surface area contributed by atoms with Gasteiger partial charge in [0.25, 0.3) is 0 Å². The number of amides is 1. The normalized spacial score (nSPS) is 32.5. The molecule has 1 heterocycles. The Bertz CT molecular complexity index is 1180. The summed E-state index contributed by atoms with van der Waals surface area (Å²) in [6.07, 6.45) is 14.1. The molecule has 0 saturated carbocycles. The number of nitrogens with one attached hydrogen (secondary N) is 1. The smallest absolute Gasteiger partial charge is 0.373 e. The fourth-order valence-electron chi connectivity index (χ4n) is 6.20. The number of carbonyl (C=O) groups is 2. The molecule has 0 bridgehead atoms. The first-order chi connectivity index (χ1) is 22.6. The van der Waals surface area contributed by atoms with E-state index in [1.54, 1.807) is 51.2 Å². The molecular formula is C39H63NO8. The predicted molar refractivity (Wildman–Crippen MR) is 192 cm³/mol. The summed E-state index contributed by atoms with van der Waals surface area (Å²) in [5.74, 6) is -1.83. The zero-order valence-corrected chi connectivity index (χ0v) is 31.1. The summed E-state index contributed by atoms with van der Waals surface area (Å²) >= 11 is 0. The van der Waals surface area contributed by atoms with E-state index in [4.69, 9.17) is 14.2 Å². The van der Waals surface area contributed by atoms with Crippen molar-refractivity contribution in [3.05, 3.63) is 71.6 Å². The van der Waals surface area contributed by atoms with Crippen LogP contribution in [-0.2, 0) is 23.8 Å². The van der Waals surface area contributed by atoms with Gasteiger partial charge in [-0.1, -0.05) is 94.7 Å². The van der Waals surface area contributed by atoms with Gasteiger partial charge in [-0.25, -0.2) is 4.79 Å². The molecule has 0 fully saturated rings. The number of esters is 1. The van der Waals surface area contributed by atoms with Crippen molar-refractivity contribution in [2.75, 3.05) is 14.2 Å². The van der Waals surface area contributed by atoms with Crippen LogP contribution in [0.25, 0.3) is 0 Å². The van der Waals surface area contributed by atoms with Crippen molar-refractivity contribution in [3.63, 3.8) is 0 Å². The minimum atomic E-state index is -1.13. The topological polar surface area (TPSA) is 135 Å². The minimum absolute atomic E-state index is 0.0332. The Morgan fingerprint density at radius 2 is 1.81 bits per heavy atom. The monoisotopic (exact) mass is 673 g/mol. The van der Waals surface area contributed by atoms with Gasteiger partial charge in [0.1, 0.15) is 12.2 Å². The SMILES string of the molecule is C/C=C/C(O)C(C)/C=C/C(=O)NC(C)C(O)C(C)C1OC(=O)/C(OC)=C/C(C)=C/C(C)C(O)C(CC)CC(C)C/C(C)=C/C=C/C1OC. The van der Waals surface area contributed by atoms with E-state index in [2.05, 4.69) is 26.1 Å². The van der Waals surface area contributed by atoms with Gasteiger partial charge in [-0.05, 0) is 64.5 Å². The van der Waals surface area contributed by atoms with Crippen molar-refractivity contribution < 1.29 is 39.1 Å². The Hall–Kier alpha value is -2.98. The molecule has 1 aliphatic rings. The Balaban J connectivity index is 3.46. The fraction of sp³-hybridized carbons (Fsp3) is 0.641. The van der Waals surface area contributed by atoms with Crippen molar-refractivity contribution in [1.82, 2.24) is 5.32 Å². The Morgan fingerprint density at radius 3 is 2.40 bits per heavy atom. The molecule has 272 valence electrons. The first kappa shape index (κ1) is 43.0. The molecule has 0 spiro atoms. The standard InChI is InChI=1S/C39H63NO8/c1-12-15-32(41)27(6)18-19-35(42)40-30(9)37(44)29(8)38-33(46-10)17-14-16-24(3)20-25(4)22-31(13-2)36(43)28(7)21-26(5)23-34(47-11)39(45)48-38/h12,14-19,21,23,25,27-33,36-38,41,43-44H,13,20,22H2,1-11H3,(H,40,42)/b15-12+,17-14+,19-18+,24-16+,26-21+,34-23-. The number of cyclic esters (lactones) is 1. The van der Waals surface area contributed by atoms with Gasteiger partial charge >= 0.3 is 5.97 Å². The highest BCUT2D eigenvalue weighted by Crippen LogP contribution is 2.29. The molecule has 0 aromatic heterocycles. The Morgan fingerprint density at radius 1 is 1.15 bits per heavy atom. The molecule has 0 aromatic rings. The van der Waals surface area contributed by atoms with Crippen LogP contribution in [0.4, 0.5) is 0 Å². The summed E-state index contributed by atoms with van der Waals surface area (Å²) in [7, 11) is 2.90. The number of allylic oxidation sites excluding steroid dienone is 6. The van der Waals surface area contributed by atoms with Crippen molar-refractivity contribution in [1.29, 1.82) is 0 Å². The number of carbonyl (C=O) groups excluding carboxylic acids is 2. The zero-order chi connectivity index (χ0) is 36.6. The van der Waals surface area contributed by atoms with Gasteiger partial charge in [0.2, 0.25) is 11.7 Å². The van der Waals surface area contributed by atoms with Crippen LogP contribution in [0.1, 0.15) is 81.6 Å². The van der Waals surface area contributed by atoms with Crippen molar-refractivity contribution >= 4 is 11.9 Å². The van der Waals surface area contributed by atoms with E-state index in [0.29, 0.717) is 5.92 Å². The first-order valence-corrected chi connectivity index (χ1v) is 17.3. The van der Waals surface area contributed by atoms with Gasteiger partial charge in [-0.3, -0.25) is 4.79 Å². The van der Waals surface area contributed by atoms with Crippen molar-refractivity contribution in [3.8, 4) is 0 Å². The maximum atomic E-state index is 13.5. The quantitative estimate of drug-likeness (QED) is 0.120. The van der Waals surface area contributed by atoms with Crippen LogP contribution in [0.3, 0.4) is 0 Å². The second-order valence-electron chi connectivity index (χ2n) is 13.5. The van der Waals surface area contributed by atoms with Gasteiger partial charge in [-0.15, -0.1) is 0 Å². The van der Waals surface area contributed by atoms with Crippen LogP contribution < -0.4 is 5.32 Å². The molecule has 1 rings (SSSR count). The van der Waals surface area contributed by atoms with Crippen LogP contribution in [0, 0.1) is 29.6 Å². The summed E-state index contributed by atoms with van der Waals surface area (Å²) < 4.78 is 17.3. The van der Waals surface area contributed by atoms with Crippen LogP contribution in [-0.4, -0.2) is 78.0 Å². The molecule has 11 atom stereocenters. The first-order valence-electron chi connectivity index (χ1n) is 17.3. The van der Waals surface area contributed by atoms with E-state index in [9.17, 15) is 24.9 Å². The van der Waals surface area contributed by atoms with Crippen LogP contribution in [0.15, 0.2) is 71.6 Å². The third-order valence-electron chi connectivity index (χ3n) is 9.17. The van der Waals surface area contributed by atoms with Gasteiger partial charge in [0, 0.05) is 24.9 Å². The minimum Gasteiger partial charge on any atom is -0.490 e. The van der Waals surface area contributed by atoms with E-state index < -0.39 is 54.4 Å². The lowest BCUT2D eigenvalue weighted by atomic mass is 9.81. The average molecular weight is 674 g/mol. The number of aliphatic hydroxyl groups is 3. The number of methoxy groups -OCH3 is 2. The highest BCUT2D eigenvalue weighted by Gasteiger charge is 2.37. The number of hydrogen-bond acceptors (Lipinski definition) is 8. The fourth-order valence-corrected chi connectivity index (χ4v) is 6.20. The zero-order valence-electron chi connectivity index (χ0n) is 31.1. The highest BCUT2D eigenvalue weighted by atomic mass is 16.6. The van der Waals surface area contributed by atoms with E-state index in [1.165, 1.54) is 20.3 Å². The van der Waals surface area contributed by atoms with E-state index in [1.807, 2.05) is 39.0 Å². The molecule has 0 aromatic carbocycles. The number of ether oxygens (including phenoxy) is 3. The maximum Gasteiger partial charge on any atom is 0.373 e. The molecule has 0 radical (unpaired) electrons. The van der Waals surface area contributed by atoms with Gasteiger partial charge in [0.15, 0.2) is 0 Å². The molecule has 1 aliphatic heterocycles. The van der Waals surface area contributed by atoms with E-state index in [0.717, 1.165) is 30.4 Å². The maximum absolute atomic E-state index is 13.5. The molecule has 0 saturated heterocycles. The van der Waals surface area contributed by atoms with Crippen molar-refractivity contribution in [2.45, 2.75) is 118 Å². The summed E-state index contributed by atoms with van der Waals surface area (Å²) in [5, 5.41) is 35.5. The third kappa shape index (κ3) is 14.2. The summed E-state index contributed by atoms with van der Waals surface area (Å²) in [5.41, 5.74) is 1.90. The number of rotatable bonds is 11. The lowest BCUT2D eigenvalue weighted by Crippen LogP contribution is -2.50. The third-order valence-corrected chi connectivity index (χ3v) is 9.17. The molecule has 0 aliphatic carbocycles. The predicted octanol–water partition coefficient (Wildman–Crippen LogP) is 5.98. The van der Waals surface area contributed by atoms with Gasteiger partial charge < -0.3 is 34.8 Å². The number of aliphatic hydroxyl groups excluding tert-OH is 3. The molecular weight excluding hydrogens is 610 g/mol. The Kier molecular flexibility index (Phi) is 19.6. The second-order valence-corrected chi connectivity index (χ2v) is 13.5. The molecule has 1 amide bonds. The van der Waals surface area contributed by atoms with Gasteiger partial charge in [-0.2, -0.15) is 0 Å². The lowest BCUT2D eigenvalue weighted by Gasteiger charge is -2.34. The van der Waals surface area contributed by atoms with Crippen LogP contribution in [0.5, 0.6) is 0 Å². The van der Waals surface area contributed by atoms with Gasteiger partial charge in [0.05, 0.1) is 31.5 Å². The molecule has 11 unspecified atom stereocenters. The highest BCUT2D eigenvalue weighted by molar-refractivity contribution is 5.88. The second kappa shape index (κ2) is 21.9. The molecule has 4 N–H and O–H groups in total. The lowest BCUT2D eigenvalue weighted by molar-refractivity contribution is -0.161. The summed E-state index contributed by atoms with van der Waals surface area (Å²) in [6.45, 7) is 17.2. The molecule has 48 heavy (non-hydrogen) atoms. The number of hydrogen-bond donors (Lipinski definition) is 4. The molecule has 9 nitrogen and oxygen atoms in total. The Labute approximate surface area is 289 Å². The summed E-state index contributed by atoms with van der Waals surface area (Å²) in [4.78, 5) is 26.2. The van der Waals surface area contributed by atoms with E-state index in [-0.39, 0.29) is 23.5 Å². The van der Waals surface area contributed by atoms with E-state index >= 15 is 0 Å². The average Bonchev–Trinajstić information content (AvgIpc) is 3.04. The van der Waals surface area contributed by atoms with Crippen molar-refractivity contribution in [2.24, 2.45) is 29.6 Å². The van der Waals surface area contributed by atoms with Crippen LogP contribution >= 0.6 is 0 Å². The molecule has 9 heteroatoms. The summed E-state index contributed by atoms with van der Waals surface area (Å²) in [6, 6.07) is -0.716. The van der Waals surface area contributed by atoms with Crippen LogP contribution in [0.2, 0.25) is 0 Å². The largest absolute Gasteiger partial charge is 0.490 e.